The lowest BCUT2D eigenvalue weighted by Crippen LogP contribution is -2.48. The molecule has 9 rings (SSSR count). The summed E-state index contributed by atoms with van der Waals surface area (Å²) < 4.78 is 41.8. The minimum absolute atomic E-state index is 0.00376. The highest BCUT2D eigenvalue weighted by Crippen LogP contribution is 2.61. The van der Waals surface area contributed by atoms with E-state index in [9.17, 15) is 9.59 Å². The summed E-state index contributed by atoms with van der Waals surface area (Å²) >= 11 is -4.30. The molecule has 7 heterocycles. The second-order valence-corrected chi connectivity index (χ2v) is 18.2. The first-order valence-corrected chi connectivity index (χ1v) is 23.1. The molecule has 2 fully saturated rings. The van der Waals surface area contributed by atoms with Crippen LogP contribution in [-0.2, 0) is 9.59 Å². The molecule has 1 N–H and O–H groups in total. The molecule has 0 aliphatic carbocycles. The van der Waals surface area contributed by atoms with Crippen LogP contribution < -0.4 is 10.1 Å². The van der Waals surface area contributed by atoms with Gasteiger partial charge in [-0.1, -0.05) is 36.0 Å². The Morgan fingerprint density at radius 2 is 1.71 bits per heavy atom. The van der Waals surface area contributed by atoms with E-state index in [4.69, 9.17) is 9.84 Å². The number of rotatable bonds is 13. The van der Waals surface area contributed by atoms with Gasteiger partial charge < -0.3 is 15.0 Å². The van der Waals surface area contributed by atoms with Crippen LogP contribution in [0.2, 0.25) is 0 Å². The molecule has 4 aliphatic rings. The Morgan fingerprint density at radius 3 is 2.51 bits per heavy atom. The van der Waals surface area contributed by atoms with Crippen molar-refractivity contribution in [3.05, 3.63) is 120 Å². The number of para-hydroxylation sites is 1. The van der Waals surface area contributed by atoms with E-state index in [2.05, 4.69) is 25.1 Å². The van der Waals surface area contributed by atoms with Crippen LogP contribution in [0.4, 0.5) is 7.77 Å². The molecule has 2 amide bonds. The molecular formula is C47H53F2N10O3S+. The van der Waals surface area contributed by atoms with Gasteiger partial charge in [-0.05, 0) is 81.6 Å². The Kier molecular flexibility index (Phi) is 12.1. The van der Waals surface area contributed by atoms with Gasteiger partial charge in [0.25, 0.3) is 0 Å². The lowest BCUT2D eigenvalue weighted by atomic mass is 10.1. The molecular weight excluding hydrogens is 823 g/mol. The first-order valence-electron chi connectivity index (χ1n) is 21.7. The average Bonchev–Trinajstić information content (AvgIpc) is 3.98. The minimum atomic E-state index is -4.30. The van der Waals surface area contributed by atoms with E-state index < -0.39 is 11.2 Å². The fourth-order valence-corrected chi connectivity index (χ4v) is 10.8. The smallest absolute Gasteiger partial charge is 0.387 e. The molecule has 0 spiro atoms. The van der Waals surface area contributed by atoms with Gasteiger partial charge in [0.15, 0.2) is 5.65 Å². The largest absolute Gasteiger partial charge is 0.457 e. The maximum atomic E-state index is 15.8. The van der Waals surface area contributed by atoms with Crippen molar-refractivity contribution in [1.29, 1.82) is 0 Å². The summed E-state index contributed by atoms with van der Waals surface area (Å²) in [5, 5.41) is 9.00. The van der Waals surface area contributed by atoms with Crippen LogP contribution >= 0.6 is 11.2 Å². The van der Waals surface area contributed by atoms with E-state index in [-0.39, 0.29) is 30.7 Å². The third-order valence-corrected chi connectivity index (χ3v) is 14.1. The van der Waals surface area contributed by atoms with Crippen LogP contribution in [0.3, 0.4) is 0 Å². The Morgan fingerprint density at radius 1 is 0.952 bits per heavy atom. The van der Waals surface area contributed by atoms with E-state index >= 15 is 7.77 Å². The van der Waals surface area contributed by atoms with Crippen molar-refractivity contribution in [1.82, 2.24) is 43.7 Å². The van der Waals surface area contributed by atoms with Crippen molar-refractivity contribution in [2.45, 2.75) is 52.5 Å². The predicted molar refractivity (Wildman–Crippen MR) is 243 cm³/mol. The SMILES string of the molecule is Cc1cc(C)n2c1C=C1C=CC(CCC(=O)NCCN3CCN(C/C=C/C(=O)N4CCC[C@@H](n5nc(-c6ccc(Oc7ccccc7)cc6)c6c(C)ncnc65)C4)CC3)=[N+]1S2(F)F. The lowest BCUT2D eigenvalue weighted by molar-refractivity contribution is -0.302. The number of ether oxygens (including phenoxy) is 1. The number of allylic oxidation sites excluding steroid dienone is 2. The van der Waals surface area contributed by atoms with Crippen molar-refractivity contribution in [2.75, 3.05) is 58.9 Å². The van der Waals surface area contributed by atoms with Gasteiger partial charge in [-0.25, -0.2) is 18.6 Å². The molecule has 0 saturated carbocycles. The van der Waals surface area contributed by atoms with Crippen molar-refractivity contribution in [3.8, 4) is 22.8 Å². The maximum Gasteiger partial charge on any atom is 0.387 e. The summed E-state index contributed by atoms with van der Waals surface area (Å²) in [7, 11) is 0. The lowest BCUT2D eigenvalue weighted by Gasteiger charge is -2.34. The number of hydrogen-bond acceptors (Lipinski definition) is 8. The van der Waals surface area contributed by atoms with E-state index in [1.54, 1.807) is 43.6 Å². The molecule has 1 atom stereocenters. The standard InChI is InChI=1S/C47H52F2N10O3S/c1-33-29-34(2)58-42(33)30-38-16-15-37(59(38)63(58,48)49)17-20-43(60)50-21-24-55-27-25-54(26-28-55)22-8-12-44(61)56-23-7-9-39(31-56)57-47-45(35(3)51-32-52-47)46(53-57)36-13-18-41(19-14-36)62-40-10-5-4-6-11-40/h4-6,8,10-16,18-19,29-30,32,39H,7,9,17,20-28,31H2,1-3H3/p+1/b12-8+/t39-/m1/s1. The van der Waals surface area contributed by atoms with E-state index in [1.165, 1.54) is 0 Å². The predicted octanol–water partition coefficient (Wildman–Crippen LogP) is 7.58. The summed E-state index contributed by atoms with van der Waals surface area (Å²) in [4.78, 5) is 42.0. The van der Waals surface area contributed by atoms with Gasteiger partial charge in [-0.15, -0.1) is 0 Å². The van der Waals surface area contributed by atoms with Gasteiger partial charge in [0.2, 0.25) is 23.2 Å². The fraction of sp³-hybridized carbons (Fsp3) is 0.362. The molecule has 4 aliphatic heterocycles. The van der Waals surface area contributed by atoms with E-state index in [0.717, 1.165) is 92.0 Å². The van der Waals surface area contributed by atoms with Gasteiger partial charge in [0, 0.05) is 107 Å². The Hall–Kier alpha value is -5.97. The fourth-order valence-electron chi connectivity index (χ4n) is 9.04. The number of aromatic nitrogens is 5. The topological polar surface area (TPSA) is 117 Å². The van der Waals surface area contributed by atoms with Gasteiger partial charge in [-0.2, -0.15) is 5.10 Å². The molecule has 2 aromatic carbocycles. The van der Waals surface area contributed by atoms with Gasteiger partial charge in [-0.3, -0.25) is 19.4 Å². The van der Waals surface area contributed by atoms with Crippen LogP contribution in [0.1, 0.15) is 54.4 Å². The number of piperazine rings is 1. The summed E-state index contributed by atoms with van der Waals surface area (Å²) in [5.74, 6) is 1.36. The summed E-state index contributed by atoms with van der Waals surface area (Å²) in [6.07, 6.45) is 12.6. The first kappa shape index (κ1) is 42.3. The number of piperidine rings is 1. The third-order valence-electron chi connectivity index (χ3n) is 12.3. The molecule has 13 nitrogen and oxygen atoms in total. The molecule has 63 heavy (non-hydrogen) atoms. The number of nitrogens with zero attached hydrogens (tertiary/aromatic N) is 9. The minimum Gasteiger partial charge on any atom is -0.457 e. The van der Waals surface area contributed by atoms with Crippen LogP contribution in [0.15, 0.2) is 97.0 Å². The van der Waals surface area contributed by atoms with Crippen molar-refractivity contribution >= 4 is 45.8 Å². The zero-order chi connectivity index (χ0) is 43.7. The third kappa shape index (κ3) is 8.84. The molecule has 0 unspecified atom stereocenters. The number of halogens is 2. The summed E-state index contributed by atoms with van der Waals surface area (Å²) in [6.45, 7) is 12.1. The number of amides is 2. The number of fused-ring (bicyclic) bond motifs is 3. The van der Waals surface area contributed by atoms with E-state index in [1.807, 2.05) is 84.1 Å². The van der Waals surface area contributed by atoms with E-state index in [0.29, 0.717) is 55.5 Å². The van der Waals surface area contributed by atoms with Gasteiger partial charge in [0.05, 0.1) is 22.8 Å². The molecule has 328 valence electrons. The summed E-state index contributed by atoms with van der Waals surface area (Å²) in [5.41, 5.74) is 6.22. The average molecular weight is 876 g/mol. The molecule has 16 heteroatoms. The zero-order valence-electron chi connectivity index (χ0n) is 35.9. The second kappa shape index (κ2) is 18.0. The van der Waals surface area contributed by atoms with Crippen molar-refractivity contribution < 1.29 is 26.1 Å². The van der Waals surface area contributed by atoms with Crippen LogP contribution in [0.5, 0.6) is 11.5 Å². The molecule has 2 saturated heterocycles. The monoisotopic (exact) mass is 875 g/mol. The zero-order valence-corrected chi connectivity index (χ0v) is 36.7. The number of likely N-dealkylation sites (tertiary alicyclic amines) is 1. The highest BCUT2D eigenvalue weighted by molar-refractivity contribution is 8.18. The quantitative estimate of drug-likeness (QED) is 0.0952. The molecule has 5 aromatic rings. The van der Waals surface area contributed by atoms with Crippen molar-refractivity contribution in [2.24, 2.45) is 0 Å². The molecule has 0 radical (unpaired) electrons. The second-order valence-electron chi connectivity index (χ2n) is 16.6. The van der Waals surface area contributed by atoms with Gasteiger partial charge in [0.1, 0.15) is 23.5 Å². The van der Waals surface area contributed by atoms with Crippen LogP contribution in [0.25, 0.3) is 28.4 Å². The van der Waals surface area contributed by atoms with Crippen LogP contribution in [0, 0.1) is 20.8 Å². The number of carbonyl (C=O) groups excluding carboxylic acids is 2. The summed E-state index contributed by atoms with van der Waals surface area (Å²) in [6, 6.07) is 19.3. The Bertz CT molecular complexity index is 2650. The highest BCUT2D eigenvalue weighted by Gasteiger charge is 2.50. The van der Waals surface area contributed by atoms with Gasteiger partial charge >= 0.3 is 11.2 Å². The Labute approximate surface area is 368 Å². The van der Waals surface area contributed by atoms with Crippen LogP contribution in [-0.4, -0.2) is 119 Å². The first-order chi connectivity index (χ1) is 30.5. The number of hydrogen-bond donors (Lipinski definition) is 1. The molecule has 0 bridgehead atoms. The number of benzene rings is 2. The normalized spacial score (nSPS) is 19.3. The number of carbonyl (C=O) groups is 2. The number of nitrogens with one attached hydrogen (secondary N) is 1. The maximum absolute atomic E-state index is 15.8. The van der Waals surface area contributed by atoms with Crippen molar-refractivity contribution in [3.63, 3.8) is 0 Å². The molecule has 3 aromatic heterocycles. The highest BCUT2D eigenvalue weighted by atomic mass is 32.3. The Balaban J connectivity index is 0.725. The number of aryl methyl sites for hydroxylation is 3.